The smallest absolute Gasteiger partial charge is 0.416 e. The number of para-hydroxylation sites is 1. The van der Waals surface area contributed by atoms with Crippen LogP contribution in [0.25, 0.3) is 0 Å². The lowest BCUT2D eigenvalue weighted by Crippen LogP contribution is -2.45. The van der Waals surface area contributed by atoms with Crippen molar-refractivity contribution in [2.45, 2.75) is 26.1 Å². The zero-order valence-electron chi connectivity index (χ0n) is 16.7. The molecule has 0 radical (unpaired) electrons. The van der Waals surface area contributed by atoms with Crippen LogP contribution in [0.5, 0.6) is 5.75 Å². The van der Waals surface area contributed by atoms with E-state index >= 15 is 0 Å². The van der Waals surface area contributed by atoms with Crippen LogP contribution in [-0.2, 0) is 23.9 Å². The first-order valence-electron chi connectivity index (χ1n) is 9.85. The van der Waals surface area contributed by atoms with E-state index in [0.717, 1.165) is 31.8 Å². The van der Waals surface area contributed by atoms with Crippen LogP contribution in [0.2, 0.25) is 0 Å². The molecule has 4 nitrogen and oxygen atoms in total. The van der Waals surface area contributed by atoms with Crippen LogP contribution in [-0.4, -0.2) is 48.5 Å². The molecule has 2 aromatic carbocycles. The number of carbonyl (C=O) groups is 1. The number of esters is 1. The fourth-order valence-corrected chi connectivity index (χ4v) is 3.51. The number of carbonyl (C=O) groups excluding carboxylic acids is 1. The van der Waals surface area contributed by atoms with E-state index in [9.17, 15) is 22.4 Å². The molecule has 0 saturated carbocycles. The molecule has 1 aliphatic heterocycles. The van der Waals surface area contributed by atoms with Crippen molar-refractivity contribution >= 4 is 5.97 Å². The third-order valence-electron chi connectivity index (χ3n) is 5.19. The van der Waals surface area contributed by atoms with E-state index in [4.69, 9.17) is 4.74 Å². The average Bonchev–Trinajstić information content (AvgIpc) is 2.70. The molecule has 1 saturated heterocycles. The van der Waals surface area contributed by atoms with E-state index in [1.165, 1.54) is 12.1 Å². The fraction of sp³-hybridized carbons (Fsp3) is 0.409. The van der Waals surface area contributed by atoms with Gasteiger partial charge in [-0.05, 0) is 41.9 Å². The molecule has 3 rings (SSSR count). The van der Waals surface area contributed by atoms with Gasteiger partial charge in [0, 0.05) is 32.7 Å². The van der Waals surface area contributed by atoms with Crippen molar-refractivity contribution in [2.75, 3.05) is 32.7 Å². The zero-order valence-corrected chi connectivity index (χ0v) is 16.7. The minimum atomic E-state index is -4.65. The first-order chi connectivity index (χ1) is 14.3. The number of alkyl halides is 3. The van der Waals surface area contributed by atoms with Crippen molar-refractivity contribution in [3.63, 3.8) is 0 Å². The normalized spacial score (nSPS) is 15.9. The third-order valence-corrected chi connectivity index (χ3v) is 5.19. The van der Waals surface area contributed by atoms with Gasteiger partial charge in [0.15, 0.2) is 0 Å². The molecule has 0 aliphatic carbocycles. The highest BCUT2D eigenvalue weighted by molar-refractivity contribution is 5.75. The first-order valence-corrected chi connectivity index (χ1v) is 9.85. The van der Waals surface area contributed by atoms with Crippen molar-refractivity contribution in [2.24, 2.45) is 0 Å². The Morgan fingerprint density at radius 3 is 2.23 bits per heavy atom. The number of likely N-dealkylation sites (N-methyl/N-ethyl adjacent to an activating group) is 1. The molecule has 0 atom stereocenters. The van der Waals surface area contributed by atoms with Gasteiger partial charge >= 0.3 is 12.1 Å². The van der Waals surface area contributed by atoms with E-state index in [-0.39, 0.29) is 23.4 Å². The zero-order chi connectivity index (χ0) is 21.7. The summed E-state index contributed by atoms with van der Waals surface area (Å²) in [7, 11) is 0. The Morgan fingerprint density at radius 1 is 1.00 bits per heavy atom. The van der Waals surface area contributed by atoms with Gasteiger partial charge in [0.1, 0.15) is 11.6 Å². The Kier molecular flexibility index (Phi) is 7.10. The standard InChI is InChI=1S/C22H24F4N2O2/c1-2-27-8-10-28(11-9-27)15-17-13-20(23)16(12-19(17)22(24,25)26)14-21(29)30-18-6-4-3-5-7-18/h3-7,12-13H,2,8-11,14-15H2,1H3. The molecule has 0 amide bonds. The lowest BCUT2D eigenvalue weighted by Gasteiger charge is -2.34. The summed E-state index contributed by atoms with van der Waals surface area (Å²) in [5.41, 5.74) is -1.36. The van der Waals surface area contributed by atoms with Crippen molar-refractivity contribution < 1.29 is 27.1 Å². The van der Waals surface area contributed by atoms with E-state index in [1.807, 2.05) is 11.8 Å². The van der Waals surface area contributed by atoms with Crippen molar-refractivity contribution in [3.8, 4) is 5.75 Å². The largest absolute Gasteiger partial charge is 0.426 e. The van der Waals surface area contributed by atoms with Crippen LogP contribution in [0.15, 0.2) is 42.5 Å². The molecule has 1 heterocycles. The Morgan fingerprint density at radius 2 is 1.63 bits per heavy atom. The van der Waals surface area contributed by atoms with Crippen LogP contribution < -0.4 is 4.74 Å². The number of piperazine rings is 1. The molecule has 2 aromatic rings. The molecule has 0 aromatic heterocycles. The maximum absolute atomic E-state index is 14.6. The summed E-state index contributed by atoms with van der Waals surface area (Å²) in [5, 5.41) is 0. The summed E-state index contributed by atoms with van der Waals surface area (Å²) in [6.45, 7) is 5.72. The molecule has 1 aliphatic rings. The molecular weight excluding hydrogens is 400 g/mol. The maximum Gasteiger partial charge on any atom is 0.416 e. The molecule has 0 bridgehead atoms. The van der Waals surface area contributed by atoms with Gasteiger partial charge in [0.25, 0.3) is 0 Å². The maximum atomic E-state index is 14.6. The highest BCUT2D eigenvalue weighted by Gasteiger charge is 2.35. The number of benzene rings is 2. The number of nitrogens with zero attached hydrogens (tertiary/aromatic N) is 2. The van der Waals surface area contributed by atoms with Gasteiger partial charge in [-0.1, -0.05) is 25.1 Å². The molecule has 0 unspecified atom stereocenters. The molecule has 30 heavy (non-hydrogen) atoms. The summed E-state index contributed by atoms with van der Waals surface area (Å²) in [6.07, 6.45) is -5.23. The summed E-state index contributed by atoms with van der Waals surface area (Å²) in [4.78, 5) is 16.2. The Bertz CT molecular complexity index is 863. The number of hydrogen-bond donors (Lipinski definition) is 0. The van der Waals surface area contributed by atoms with Crippen LogP contribution in [0.3, 0.4) is 0 Å². The minimum Gasteiger partial charge on any atom is -0.426 e. The summed E-state index contributed by atoms with van der Waals surface area (Å²) in [6, 6.07) is 9.75. The molecule has 0 N–H and O–H groups in total. The van der Waals surface area contributed by atoms with Gasteiger partial charge in [0.05, 0.1) is 12.0 Å². The van der Waals surface area contributed by atoms with Gasteiger partial charge in [-0.15, -0.1) is 0 Å². The Balaban J connectivity index is 1.77. The van der Waals surface area contributed by atoms with E-state index < -0.39 is 29.9 Å². The van der Waals surface area contributed by atoms with E-state index in [1.54, 1.807) is 18.2 Å². The predicted molar refractivity (Wildman–Crippen MR) is 105 cm³/mol. The second-order valence-electron chi connectivity index (χ2n) is 7.27. The summed E-state index contributed by atoms with van der Waals surface area (Å²) in [5.74, 6) is -1.41. The van der Waals surface area contributed by atoms with Gasteiger partial charge in [-0.2, -0.15) is 13.2 Å². The van der Waals surface area contributed by atoms with Crippen LogP contribution >= 0.6 is 0 Å². The summed E-state index contributed by atoms with van der Waals surface area (Å²) < 4.78 is 60.6. The van der Waals surface area contributed by atoms with Crippen LogP contribution in [0.4, 0.5) is 17.6 Å². The second kappa shape index (κ2) is 9.57. The SMILES string of the molecule is CCN1CCN(Cc2cc(F)c(CC(=O)Oc3ccccc3)cc2C(F)(F)F)CC1. The monoisotopic (exact) mass is 424 g/mol. The molecule has 1 fully saturated rings. The fourth-order valence-electron chi connectivity index (χ4n) is 3.51. The summed E-state index contributed by atoms with van der Waals surface area (Å²) >= 11 is 0. The van der Waals surface area contributed by atoms with E-state index in [2.05, 4.69) is 4.90 Å². The number of hydrogen-bond acceptors (Lipinski definition) is 4. The van der Waals surface area contributed by atoms with Crippen molar-refractivity contribution in [1.82, 2.24) is 9.80 Å². The lowest BCUT2D eigenvalue weighted by atomic mass is 10.00. The lowest BCUT2D eigenvalue weighted by molar-refractivity contribution is -0.139. The predicted octanol–water partition coefficient (Wildman–Crippen LogP) is 4.13. The quantitative estimate of drug-likeness (QED) is 0.397. The van der Waals surface area contributed by atoms with Crippen molar-refractivity contribution in [3.05, 3.63) is 65.0 Å². The molecule has 0 spiro atoms. The number of rotatable bonds is 6. The minimum absolute atomic E-state index is 0.0120. The third kappa shape index (κ3) is 5.79. The topological polar surface area (TPSA) is 32.8 Å². The first kappa shape index (κ1) is 22.2. The van der Waals surface area contributed by atoms with E-state index in [0.29, 0.717) is 13.1 Å². The second-order valence-corrected chi connectivity index (χ2v) is 7.27. The molecule has 162 valence electrons. The molecule has 8 heteroatoms. The van der Waals surface area contributed by atoms with Gasteiger partial charge in [-0.25, -0.2) is 4.39 Å². The van der Waals surface area contributed by atoms with Crippen molar-refractivity contribution in [1.29, 1.82) is 0 Å². The van der Waals surface area contributed by atoms with Crippen LogP contribution in [0.1, 0.15) is 23.6 Å². The number of halogens is 4. The Hall–Kier alpha value is -2.45. The average molecular weight is 424 g/mol. The highest BCUT2D eigenvalue weighted by Crippen LogP contribution is 2.34. The molecular formula is C22H24F4N2O2. The number of ether oxygens (including phenoxy) is 1. The van der Waals surface area contributed by atoms with Gasteiger partial charge < -0.3 is 9.64 Å². The highest BCUT2D eigenvalue weighted by atomic mass is 19.4. The van der Waals surface area contributed by atoms with Crippen LogP contribution in [0, 0.1) is 5.82 Å². The van der Waals surface area contributed by atoms with Gasteiger partial charge in [0.2, 0.25) is 0 Å². The Labute approximate surface area is 173 Å². The van der Waals surface area contributed by atoms with Gasteiger partial charge in [-0.3, -0.25) is 9.69 Å².